The van der Waals surface area contributed by atoms with Crippen LogP contribution in [-0.2, 0) is 0 Å². The van der Waals surface area contributed by atoms with Gasteiger partial charge in [0.05, 0.1) is 12.8 Å². The number of halogens is 1. The molecule has 0 saturated carbocycles. The third-order valence-corrected chi connectivity index (χ3v) is 1.71. The van der Waals surface area contributed by atoms with Crippen molar-refractivity contribution in [2.75, 3.05) is 6.61 Å². The van der Waals surface area contributed by atoms with Crippen LogP contribution in [0.5, 0.6) is 5.88 Å². The third-order valence-electron chi connectivity index (χ3n) is 1.71. The molecule has 0 unspecified atom stereocenters. The number of amides is 1. The molecule has 0 aliphatic rings. The summed E-state index contributed by atoms with van der Waals surface area (Å²) in [5.74, 6) is -1.81. The predicted octanol–water partition coefficient (Wildman–Crippen LogP) is 1.06. The van der Waals surface area contributed by atoms with Gasteiger partial charge in [-0.15, -0.1) is 6.58 Å². The number of carbonyl (C=O) groups excluding carboxylic acids is 1. The van der Waals surface area contributed by atoms with Gasteiger partial charge >= 0.3 is 0 Å². The Morgan fingerprint density at radius 2 is 2.38 bits per heavy atom. The maximum absolute atomic E-state index is 12.7. The second-order valence-corrected chi connectivity index (χ2v) is 3.27. The summed E-state index contributed by atoms with van der Waals surface area (Å²) in [5.41, 5.74) is 5.63. The topological polar surface area (TPSA) is 78.1 Å². The minimum atomic E-state index is -0.877. The number of hydrogen-bond donors (Lipinski definition) is 1. The summed E-state index contributed by atoms with van der Waals surface area (Å²) < 4.78 is 17.9. The fourth-order valence-electron chi connectivity index (χ4n) is 0.945. The van der Waals surface area contributed by atoms with E-state index in [-0.39, 0.29) is 18.2 Å². The lowest BCUT2D eigenvalue weighted by Gasteiger charge is -2.07. The molecular weight excluding hydrogens is 213 g/mol. The largest absolute Gasteiger partial charge is 0.476 e. The number of rotatable bonds is 5. The number of aromatic nitrogens is 2. The average Bonchev–Trinajstić information content (AvgIpc) is 2.19. The highest BCUT2D eigenvalue weighted by Gasteiger charge is 2.14. The van der Waals surface area contributed by atoms with Crippen molar-refractivity contribution in [1.29, 1.82) is 0 Å². The van der Waals surface area contributed by atoms with Gasteiger partial charge in [-0.25, -0.2) is 9.97 Å². The van der Waals surface area contributed by atoms with Crippen molar-refractivity contribution < 1.29 is 13.9 Å². The summed E-state index contributed by atoms with van der Waals surface area (Å²) in [4.78, 5) is 17.9. The summed E-state index contributed by atoms with van der Waals surface area (Å²) in [6.45, 7) is 5.82. The van der Waals surface area contributed by atoms with E-state index in [1.165, 1.54) is 0 Å². The molecule has 1 amide bonds. The second kappa shape index (κ2) is 5.20. The zero-order valence-electron chi connectivity index (χ0n) is 8.86. The van der Waals surface area contributed by atoms with Crippen LogP contribution in [0.2, 0.25) is 0 Å². The maximum atomic E-state index is 12.7. The molecule has 0 aromatic carbocycles. The first-order valence-electron chi connectivity index (χ1n) is 4.60. The molecule has 0 aliphatic heterocycles. The molecule has 0 saturated heterocycles. The van der Waals surface area contributed by atoms with Crippen LogP contribution >= 0.6 is 0 Å². The Kier molecular flexibility index (Phi) is 3.93. The average molecular weight is 225 g/mol. The summed E-state index contributed by atoms with van der Waals surface area (Å²) in [7, 11) is 0. The van der Waals surface area contributed by atoms with Gasteiger partial charge in [-0.3, -0.25) is 4.79 Å². The smallest absolute Gasteiger partial charge is 0.273 e. The number of nitrogens with zero attached hydrogens (tertiary/aromatic N) is 2. The quantitative estimate of drug-likeness (QED) is 0.760. The monoisotopic (exact) mass is 225 g/mol. The Morgan fingerprint density at radius 3 is 2.94 bits per heavy atom. The molecule has 16 heavy (non-hydrogen) atoms. The first kappa shape index (κ1) is 12.1. The van der Waals surface area contributed by atoms with Gasteiger partial charge in [0.1, 0.15) is 0 Å². The summed E-state index contributed by atoms with van der Waals surface area (Å²) in [6.07, 6.45) is 1.47. The fraction of sp³-hybridized carbons (Fsp3) is 0.300. The lowest BCUT2D eigenvalue weighted by Crippen LogP contribution is -2.17. The van der Waals surface area contributed by atoms with Crippen molar-refractivity contribution in [3.05, 3.63) is 30.0 Å². The van der Waals surface area contributed by atoms with Crippen molar-refractivity contribution in [1.82, 2.24) is 9.97 Å². The van der Waals surface area contributed by atoms with Crippen molar-refractivity contribution >= 4 is 5.91 Å². The highest BCUT2D eigenvalue weighted by atomic mass is 19.1. The molecule has 0 fully saturated rings. The molecular formula is C10H12FN3O2. The number of ether oxygens (including phenoxy) is 1. The van der Waals surface area contributed by atoms with Gasteiger partial charge in [-0.05, 0) is 6.92 Å². The van der Waals surface area contributed by atoms with E-state index in [1.54, 1.807) is 0 Å². The highest BCUT2D eigenvalue weighted by Crippen LogP contribution is 2.12. The van der Waals surface area contributed by atoms with Gasteiger partial charge in [-0.1, -0.05) is 5.57 Å². The zero-order chi connectivity index (χ0) is 12.1. The van der Waals surface area contributed by atoms with Gasteiger partial charge < -0.3 is 10.5 Å². The Morgan fingerprint density at radius 1 is 1.69 bits per heavy atom. The minimum Gasteiger partial charge on any atom is -0.476 e. The van der Waals surface area contributed by atoms with Crippen LogP contribution in [0.1, 0.15) is 23.8 Å². The normalized spacial score (nSPS) is 9.88. The van der Waals surface area contributed by atoms with Crippen molar-refractivity contribution in [2.24, 2.45) is 5.73 Å². The SMILES string of the molecule is C=C(C)CCOc1ncc(F)nc1C(N)=O. The molecule has 1 heterocycles. The van der Waals surface area contributed by atoms with E-state index in [0.29, 0.717) is 6.42 Å². The maximum Gasteiger partial charge on any atom is 0.273 e. The molecule has 1 aromatic heterocycles. The molecule has 6 heteroatoms. The van der Waals surface area contributed by atoms with Gasteiger partial charge in [0.15, 0.2) is 5.69 Å². The molecule has 0 bridgehead atoms. The second-order valence-electron chi connectivity index (χ2n) is 3.27. The molecule has 86 valence electrons. The molecule has 1 rings (SSSR count). The number of hydrogen-bond acceptors (Lipinski definition) is 4. The van der Waals surface area contributed by atoms with E-state index >= 15 is 0 Å². The summed E-state index contributed by atoms with van der Waals surface area (Å²) >= 11 is 0. The minimum absolute atomic E-state index is 0.0600. The molecule has 5 nitrogen and oxygen atoms in total. The van der Waals surface area contributed by atoms with E-state index in [0.717, 1.165) is 11.8 Å². The Bertz CT molecular complexity index is 421. The molecule has 0 atom stereocenters. The van der Waals surface area contributed by atoms with Crippen LogP contribution in [0.25, 0.3) is 0 Å². The molecule has 1 aromatic rings. The highest BCUT2D eigenvalue weighted by molar-refractivity contribution is 5.92. The van der Waals surface area contributed by atoms with E-state index in [9.17, 15) is 9.18 Å². The van der Waals surface area contributed by atoms with E-state index in [2.05, 4.69) is 16.5 Å². The molecule has 2 N–H and O–H groups in total. The van der Waals surface area contributed by atoms with Crippen LogP contribution in [0.3, 0.4) is 0 Å². The summed E-state index contributed by atoms with van der Waals surface area (Å²) in [6, 6.07) is 0. The van der Waals surface area contributed by atoms with Crippen LogP contribution < -0.4 is 10.5 Å². The zero-order valence-corrected chi connectivity index (χ0v) is 8.86. The fourth-order valence-corrected chi connectivity index (χ4v) is 0.945. The van der Waals surface area contributed by atoms with Crippen molar-refractivity contribution in [3.8, 4) is 5.88 Å². The van der Waals surface area contributed by atoms with Crippen LogP contribution in [0.15, 0.2) is 18.3 Å². The molecule has 0 radical (unpaired) electrons. The third kappa shape index (κ3) is 3.30. The van der Waals surface area contributed by atoms with E-state index < -0.39 is 11.9 Å². The van der Waals surface area contributed by atoms with Gasteiger partial charge in [0, 0.05) is 6.42 Å². The lowest BCUT2D eigenvalue weighted by molar-refractivity contribution is 0.0988. The van der Waals surface area contributed by atoms with Gasteiger partial charge in [0.25, 0.3) is 5.91 Å². The lowest BCUT2D eigenvalue weighted by atomic mass is 10.3. The number of carbonyl (C=O) groups is 1. The summed E-state index contributed by atoms with van der Waals surface area (Å²) in [5, 5.41) is 0. The van der Waals surface area contributed by atoms with Gasteiger partial charge in [0.2, 0.25) is 11.8 Å². The number of nitrogens with two attached hydrogens (primary N) is 1. The first-order chi connectivity index (χ1) is 7.50. The predicted molar refractivity (Wildman–Crippen MR) is 55.4 cm³/mol. The van der Waals surface area contributed by atoms with E-state index in [1.807, 2.05) is 6.92 Å². The van der Waals surface area contributed by atoms with E-state index in [4.69, 9.17) is 10.5 Å². The Hall–Kier alpha value is -1.98. The molecule has 0 spiro atoms. The van der Waals surface area contributed by atoms with Gasteiger partial charge in [-0.2, -0.15) is 4.39 Å². The number of primary amides is 1. The van der Waals surface area contributed by atoms with Crippen LogP contribution in [0, 0.1) is 5.95 Å². The van der Waals surface area contributed by atoms with Crippen LogP contribution in [0.4, 0.5) is 4.39 Å². The van der Waals surface area contributed by atoms with Crippen LogP contribution in [-0.4, -0.2) is 22.5 Å². The Labute approximate surface area is 92.2 Å². The van der Waals surface area contributed by atoms with Crippen molar-refractivity contribution in [2.45, 2.75) is 13.3 Å². The first-order valence-corrected chi connectivity index (χ1v) is 4.60. The van der Waals surface area contributed by atoms with Crippen molar-refractivity contribution in [3.63, 3.8) is 0 Å². The molecule has 0 aliphatic carbocycles. The Balaban J connectivity index is 2.78. The standard InChI is InChI=1S/C10H12FN3O2/c1-6(2)3-4-16-10-8(9(12)15)14-7(11)5-13-10/h5H,1,3-4H2,2H3,(H2,12,15).